The lowest BCUT2D eigenvalue weighted by molar-refractivity contribution is 0.415. The van der Waals surface area contributed by atoms with Gasteiger partial charge in [0.2, 0.25) is 0 Å². The molecule has 5 heteroatoms. The Morgan fingerprint density at radius 2 is 2.17 bits per heavy atom. The van der Waals surface area contributed by atoms with Crippen LogP contribution in [0.5, 0.6) is 5.75 Å². The van der Waals surface area contributed by atoms with E-state index in [0.29, 0.717) is 23.9 Å². The van der Waals surface area contributed by atoms with Gasteiger partial charge >= 0.3 is 0 Å². The summed E-state index contributed by atoms with van der Waals surface area (Å²) >= 11 is 6.14. The normalized spacial score (nSPS) is 10.7. The Balaban J connectivity index is 2.44. The summed E-state index contributed by atoms with van der Waals surface area (Å²) in [6, 6.07) is 7.72. The van der Waals surface area contributed by atoms with Crippen LogP contribution in [-0.2, 0) is 6.54 Å². The molecule has 0 spiro atoms. The molecule has 0 bridgehead atoms. The first kappa shape index (κ1) is 12.9. The van der Waals surface area contributed by atoms with Crippen molar-refractivity contribution in [3.63, 3.8) is 0 Å². The molecule has 1 aromatic heterocycles. The van der Waals surface area contributed by atoms with Crippen LogP contribution < -0.4 is 10.5 Å². The fraction of sp³-hybridized carbons (Fsp3) is 0.308. The predicted molar refractivity (Wildman–Crippen MR) is 73.0 cm³/mol. The SMILES string of the molecule is COc1ccc(-c2cc(C)nn2CCN)cc1Cl. The van der Waals surface area contributed by atoms with Gasteiger partial charge in [0.15, 0.2) is 0 Å². The van der Waals surface area contributed by atoms with Gasteiger partial charge in [-0.25, -0.2) is 0 Å². The van der Waals surface area contributed by atoms with Crippen molar-refractivity contribution in [2.24, 2.45) is 5.73 Å². The third-order valence-corrected chi connectivity index (χ3v) is 2.99. The minimum atomic E-state index is 0.554. The summed E-state index contributed by atoms with van der Waals surface area (Å²) in [6.45, 7) is 3.20. The highest BCUT2D eigenvalue weighted by molar-refractivity contribution is 6.32. The third kappa shape index (κ3) is 2.49. The van der Waals surface area contributed by atoms with E-state index in [4.69, 9.17) is 22.1 Å². The van der Waals surface area contributed by atoms with Crippen molar-refractivity contribution in [1.82, 2.24) is 9.78 Å². The number of hydrogen-bond acceptors (Lipinski definition) is 3. The van der Waals surface area contributed by atoms with E-state index in [1.165, 1.54) is 0 Å². The van der Waals surface area contributed by atoms with E-state index in [9.17, 15) is 0 Å². The molecule has 0 atom stereocenters. The molecule has 0 fully saturated rings. The molecule has 1 heterocycles. The quantitative estimate of drug-likeness (QED) is 0.924. The fourth-order valence-electron chi connectivity index (χ4n) is 1.90. The molecule has 0 saturated heterocycles. The molecule has 0 aliphatic carbocycles. The predicted octanol–water partition coefficient (Wildman–Crippen LogP) is 2.48. The highest BCUT2D eigenvalue weighted by Crippen LogP contribution is 2.30. The zero-order valence-corrected chi connectivity index (χ0v) is 11.2. The highest BCUT2D eigenvalue weighted by Gasteiger charge is 2.09. The number of benzene rings is 1. The third-order valence-electron chi connectivity index (χ3n) is 2.69. The highest BCUT2D eigenvalue weighted by atomic mass is 35.5. The number of ether oxygens (including phenoxy) is 1. The van der Waals surface area contributed by atoms with Gasteiger partial charge in [0.05, 0.1) is 30.1 Å². The second kappa shape index (κ2) is 5.42. The van der Waals surface area contributed by atoms with E-state index in [1.807, 2.05) is 35.9 Å². The van der Waals surface area contributed by atoms with E-state index in [2.05, 4.69) is 5.10 Å². The van der Waals surface area contributed by atoms with E-state index in [0.717, 1.165) is 17.0 Å². The Bertz CT molecular complexity index is 551. The monoisotopic (exact) mass is 265 g/mol. The van der Waals surface area contributed by atoms with Crippen molar-refractivity contribution in [2.75, 3.05) is 13.7 Å². The largest absolute Gasteiger partial charge is 0.495 e. The van der Waals surface area contributed by atoms with Crippen LogP contribution in [0.4, 0.5) is 0 Å². The molecule has 1 aromatic carbocycles. The van der Waals surface area contributed by atoms with Gasteiger partial charge < -0.3 is 10.5 Å². The number of halogens is 1. The maximum Gasteiger partial charge on any atom is 0.137 e. The first-order chi connectivity index (χ1) is 8.65. The van der Waals surface area contributed by atoms with Crippen LogP contribution in [0.2, 0.25) is 5.02 Å². The van der Waals surface area contributed by atoms with Crippen molar-refractivity contribution >= 4 is 11.6 Å². The Kier molecular flexibility index (Phi) is 3.89. The van der Waals surface area contributed by atoms with Crippen LogP contribution in [0, 0.1) is 6.92 Å². The van der Waals surface area contributed by atoms with E-state index in [1.54, 1.807) is 7.11 Å². The van der Waals surface area contributed by atoms with Crippen LogP contribution >= 0.6 is 11.6 Å². The number of hydrogen-bond donors (Lipinski definition) is 1. The van der Waals surface area contributed by atoms with Gasteiger partial charge in [0, 0.05) is 12.1 Å². The fourth-order valence-corrected chi connectivity index (χ4v) is 2.15. The van der Waals surface area contributed by atoms with Crippen molar-refractivity contribution in [2.45, 2.75) is 13.5 Å². The van der Waals surface area contributed by atoms with Crippen molar-refractivity contribution < 1.29 is 4.74 Å². The molecule has 2 rings (SSSR count). The summed E-state index contributed by atoms with van der Waals surface area (Å²) < 4.78 is 7.04. The Labute approximate surface area is 111 Å². The molecule has 0 aliphatic heterocycles. The topological polar surface area (TPSA) is 53.1 Å². The lowest BCUT2D eigenvalue weighted by Gasteiger charge is -2.08. The standard InChI is InChI=1S/C13H16ClN3O/c1-9-7-12(17(16-9)6-5-15)10-3-4-13(18-2)11(14)8-10/h3-4,7-8H,5-6,15H2,1-2H3. The van der Waals surface area contributed by atoms with E-state index >= 15 is 0 Å². The molecule has 2 N–H and O–H groups in total. The van der Waals surface area contributed by atoms with Gasteiger partial charge in [0.25, 0.3) is 0 Å². The molecule has 18 heavy (non-hydrogen) atoms. The van der Waals surface area contributed by atoms with Gasteiger partial charge in [-0.3, -0.25) is 4.68 Å². The lowest BCUT2D eigenvalue weighted by Crippen LogP contribution is -2.12. The van der Waals surface area contributed by atoms with Crippen molar-refractivity contribution in [1.29, 1.82) is 0 Å². The second-order valence-electron chi connectivity index (χ2n) is 4.03. The number of nitrogens with zero attached hydrogens (tertiary/aromatic N) is 2. The van der Waals surface area contributed by atoms with Gasteiger partial charge in [-0.05, 0) is 31.2 Å². The summed E-state index contributed by atoms with van der Waals surface area (Å²) in [6.07, 6.45) is 0. The molecule has 96 valence electrons. The zero-order valence-electron chi connectivity index (χ0n) is 10.5. The van der Waals surface area contributed by atoms with Crippen LogP contribution in [0.15, 0.2) is 24.3 Å². The molecule has 0 amide bonds. The maximum absolute atomic E-state index is 6.14. The molecule has 0 saturated carbocycles. The minimum Gasteiger partial charge on any atom is -0.495 e. The first-order valence-electron chi connectivity index (χ1n) is 5.74. The van der Waals surface area contributed by atoms with Gasteiger partial charge in [-0.15, -0.1) is 0 Å². The lowest BCUT2D eigenvalue weighted by atomic mass is 10.1. The number of methoxy groups -OCH3 is 1. The van der Waals surface area contributed by atoms with Crippen LogP contribution in [0.1, 0.15) is 5.69 Å². The summed E-state index contributed by atoms with van der Waals surface area (Å²) in [5, 5.41) is 5.00. The average molecular weight is 266 g/mol. The Hall–Kier alpha value is -1.52. The molecule has 0 aliphatic rings. The Morgan fingerprint density at radius 1 is 1.39 bits per heavy atom. The Morgan fingerprint density at radius 3 is 2.78 bits per heavy atom. The van der Waals surface area contributed by atoms with Crippen LogP contribution in [0.3, 0.4) is 0 Å². The second-order valence-corrected chi connectivity index (χ2v) is 4.44. The summed E-state index contributed by atoms with van der Waals surface area (Å²) in [5.74, 6) is 0.669. The molecule has 4 nitrogen and oxygen atoms in total. The van der Waals surface area contributed by atoms with Gasteiger partial charge in [0.1, 0.15) is 5.75 Å². The molecule has 0 unspecified atom stereocenters. The number of nitrogens with two attached hydrogens (primary N) is 1. The summed E-state index contributed by atoms with van der Waals surface area (Å²) in [7, 11) is 1.60. The summed E-state index contributed by atoms with van der Waals surface area (Å²) in [5.41, 5.74) is 8.57. The van der Waals surface area contributed by atoms with E-state index in [-0.39, 0.29) is 0 Å². The zero-order chi connectivity index (χ0) is 13.1. The smallest absolute Gasteiger partial charge is 0.137 e. The number of aromatic nitrogens is 2. The van der Waals surface area contributed by atoms with Gasteiger partial charge in [-0.1, -0.05) is 11.6 Å². The molecule has 0 radical (unpaired) electrons. The van der Waals surface area contributed by atoms with Crippen molar-refractivity contribution in [3.05, 3.63) is 35.0 Å². The average Bonchev–Trinajstić information content (AvgIpc) is 2.71. The first-order valence-corrected chi connectivity index (χ1v) is 6.12. The summed E-state index contributed by atoms with van der Waals surface area (Å²) in [4.78, 5) is 0. The van der Waals surface area contributed by atoms with Gasteiger partial charge in [-0.2, -0.15) is 5.10 Å². The number of rotatable bonds is 4. The minimum absolute atomic E-state index is 0.554. The van der Waals surface area contributed by atoms with Crippen LogP contribution in [-0.4, -0.2) is 23.4 Å². The van der Waals surface area contributed by atoms with Crippen LogP contribution in [0.25, 0.3) is 11.3 Å². The van der Waals surface area contributed by atoms with Crippen molar-refractivity contribution in [3.8, 4) is 17.0 Å². The molecule has 2 aromatic rings. The number of aryl methyl sites for hydroxylation is 1. The molecular weight excluding hydrogens is 250 g/mol. The maximum atomic E-state index is 6.14. The molecular formula is C13H16ClN3O. The van der Waals surface area contributed by atoms with E-state index < -0.39 is 0 Å².